The molecule has 1 aromatic rings. The van der Waals surface area contributed by atoms with E-state index in [1.165, 1.54) is 12.8 Å². The first-order chi connectivity index (χ1) is 12.7. The summed E-state index contributed by atoms with van der Waals surface area (Å²) in [5.41, 5.74) is 0.984. The molecule has 2 aliphatic heterocycles. The van der Waals surface area contributed by atoms with Gasteiger partial charge in [0.15, 0.2) is 0 Å². The minimum atomic E-state index is -0.423. The molecule has 4 rings (SSSR count). The highest BCUT2D eigenvalue weighted by atomic mass is 16.3. The lowest BCUT2D eigenvalue weighted by molar-refractivity contribution is 0.0655. The lowest BCUT2D eigenvalue weighted by Crippen LogP contribution is -2.51. The van der Waals surface area contributed by atoms with Crippen molar-refractivity contribution in [2.75, 3.05) is 26.2 Å². The molecule has 2 saturated heterocycles. The molecule has 1 unspecified atom stereocenters. The van der Waals surface area contributed by atoms with Crippen LogP contribution in [0.2, 0.25) is 0 Å². The topological polar surface area (TPSA) is 55.8 Å². The number of nitrogens with one attached hydrogen (secondary N) is 1. The number of rotatable bonds is 4. The van der Waals surface area contributed by atoms with Gasteiger partial charge < -0.3 is 20.2 Å². The fourth-order valence-corrected chi connectivity index (χ4v) is 4.46. The van der Waals surface area contributed by atoms with Crippen LogP contribution in [0.4, 0.5) is 4.79 Å². The number of benzene rings is 1. The molecule has 0 aromatic heterocycles. The zero-order valence-electron chi connectivity index (χ0n) is 15.5. The number of hydrogen-bond acceptors (Lipinski definition) is 3. The number of amides is 2. The van der Waals surface area contributed by atoms with Crippen molar-refractivity contribution >= 4 is 6.03 Å². The predicted molar refractivity (Wildman–Crippen MR) is 102 cm³/mol. The molecule has 3 fully saturated rings. The van der Waals surface area contributed by atoms with E-state index in [0.717, 1.165) is 63.5 Å². The third-order valence-electron chi connectivity index (χ3n) is 6.33. The summed E-state index contributed by atoms with van der Waals surface area (Å²) in [4.78, 5) is 17.1. The summed E-state index contributed by atoms with van der Waals surface area (Å²) in [7, 11) is 0. The SMILES string of the molecule is O=C(NC1CCN(C2CC2)CC1)N1CCC(C(O)c2ccccc2)CC1. The van der Waals surface area contributed by atoms with Crippen molar-refractivity contribution in [2.24, 2.45) is 5.92 Å². The number of likely N-dealkylation sites (tertiary alicyclic amines) is 2. The van der Waals surface area contributed by atoms with Crippen LogP contribution in [0.15, 0.2) is 30.3 Å². The first-order valence-corrected chi connectivity index (χ1v) is 10.2. The Bertz CT molecular complexity index is 589. The highest BCUT2D eigenvalue weighted by Crippen LogP contribution is 2.31. The van der Waals surface area contributed by atoms with Crippen LogP contribution in [0, 0.1) is 5.92 Å². The quantitative estimate of drug-likeness (QED) is 0.871. The molecule has 5 nitrogen and oxygen atoms in total. The second-order valence-corrected chi connectivity index (χ2v) is 8.17. The van der Waals surface area contributed by atoms with Crippen LogP contribution in [0.5, 0.6) is 0 Å². The Balaban J connectivity index is 1.21. The molecular formula is C21H31N3O2. The minimum Gasteiger partial charge on any atom is -0.388 e. The third kappa shape index (κ3) is 4.21. The standard InChI is InChI=1S/C21H31N3O2/c25-20(16-4-2-1-3-5-16)17-8-12-24(13-9-17)21(26)22-18-10-14-23(15-11-18)19-6-7-19/h1-5,17-20,25H,6-15H2,(H,22,26). The Morgan fingerprint density at radius 1 is 0.962 bits per heavy atom. The highest BCUT2D eigenvalue weighted by molar-refractivity contribution is 5.74. The maximum atomic E-state index is 12.6. The third-order valence-corrected chi connectivity index (χ3v) is 6.33. The second kappa shape index (κ2) is 7.97. The minimum absolute atomic E-state index is 0.0857. The molecule has 1 aromatic carbocycles. The van der Waals surface area contributed by atoms with Crippen molar-refractivity contribution in [1.29, 1.82) is 0 Å². The first kappa shape index (κ1) is 17.8. The lowest BCUT2D eigenvalue weighted by atomic mass is 9.87. The number of nitrogens with zero attached hydrogens (tertiary/aromatic N) is 2. The molecule has 2 heterocycles. The Labute approximate surface area is 156 Å². The van der Waals surface area contributed by atoms with Gasteiger partial charge in [0.25, 0.3) is 0 Å². The van der Waals surface area contributed by atoms with Crippen LogP contribution < -0.4 is 5.32 Å². The van der Waals surface area contributed by atoms with Crippen LogP contribution in [0.25, 0.3) is 0 Å². The zero-order chi connectivity index (χ0) is 17.9. The lowest BCUT2D eigenvalue weighted by Gasteiger charge is -2.37. The second-order valence-electron chi connectivity index (χ2n) is 8.17. The molecule has 2 N–H and O–H groups in total. The van der Waals surface area contributed by atoms with Crippen LogP contribution in [-0.2, 0) is 0 Å². The van der Waals surface area contributed by atoms with Gasteiger partial charge in [0.05, 0.1) is 6.10 Å². The Hall–Kier alpha value is -1.59. The largest absolute Gasteiger partial charge is 0.388 e. The number of carbonyl (C=O) groups is 1. The monoisotopic (exact) mass is 357 g/mol. The van der Waals surface area contributed by atoms with E-state index in [1.807, 2.05) is 35.2 Å². The van der Waals surface area contributed by atoms with Crippen molar-refractivity contribution in [1.82, 2.24) is 15.1 Å². The maximum Gasteiger partial charge on any atom is 0.317 e. The van der Waals surface area contributed by atoms with Gasteiger partial charge in [0, 0.05) is 38.3 Å². The summed E-state index contributed by atoms with van der Waals surface area (Å²) >= 11 is 0. The Morgan fingerprint density at radius 3 is 2.23 bits per heavy atom. The normalized spacial score (nSPS) is 24.4. The van der Waals surface area contributed by atoms with Crippen LogP contribution in [-0.4, -0.2) is 59.2 Å². The number of aliphatic hydroxyl groups excluding tert-OH is 1. The summed E-state index contributed by atoms with van der Waals surface area (Å²) in [5.74, 6) is 0.239. The summed E-state index contributed by atoms with van der Waals surface area (Å²) in [6, 6.07) is 11.1. The fourth-order valence-electron chi connectivity index (χ4n) is 4.46. The Kier molecular flexibility index (Phi) is 5.46. The number of piperidine rings is 2. The fraction of sp³-hybridized carbons (Fsp3) is 0.667. The van der Waals surface area contributed by atoms with E-state index in [4.69, 9.17) is 0 Å². The summed E-state index contributed by atoms with van der Waals surface area (Å²) in [5, 5.41) is 13.8. The molecule has 0 spiro atoms. The van der Waals surface area contributed by atoms with Crippen LogP contribution in [0.1, 0.15) is 50.2 Å². The van der Waals surface area contributed by atoms with Gasteiger partial charge in [0.2, 0.25) is 0 Å². The summed E-state index contributed by atoms with van der Waals surface area (Å²) < 4.78 is 0. The van der Waals surface area contributed by atoms with Crippen LogP contribution in [0.3, 0.4) is 0 Å². The van der Waals surface area contributed by atoms with Crippen molar-refractivity contribution < 1.29 is 9.90 Å². The van der Waals surface area contributed by atoms with Gasteiger partial charge in [-0.25, -0.2) is 4.79 Å². The van der Waals surface area contributed by atoms with E-state index < -0.39 is 6.10 Å². The van der Waals surface area contributed by atoms with E-state index in [0.29, 0.717) is 6.04 Å². The number of carbonyl (C=O) groups excluding carboxylic acids is 1. The Morgan fingerprint density at radius 2 is 1.62 bits per heavy atom. The van der Waals surface area contributed by atoms with Gasteiger partial charge in [-0.1, -0.05) is 30.3 Å². The molecule has 0 bridgehead atoms. The van der Waals surface area contributed by atoms with Crippen LogP contribution >= 0.6 is 0 Å². The number of urea groups is 1. The van der Waals surface area contributed by atoms with Gasteiger partial charge in [-0.05, 0) is 50.0 Å². The van der Waals surface area contributed by atoms with Gasteiger partial charge in [-0.15, -0.1) is 0 Å². The van der Waals surface area contributed by atoms with E-state index in [2.05, 4.69) is 10.2 Å². The number of aliphatic hydroxyl groups is 1. The van der Waals surface area contributed by atoms with Crippen molar-refractivity contribution in [3.05, 3.63) is 35.9 Å². The molecule has 1 atom stereocenters. The average molecular weight is 357 g/mol. The van der Waals surface area contributed by atoms with Crippen molar-refractivity contribution in [3.63, 3.8) is 0 Å². The predicted octanol–water partition coefficient (Wildman–Crippen LogP) is 2.77. The van der Waals surface area contributed by atoms with Gasteiger partial charge in [0.1, 0.15) is 0 Å². The van der Waals surface area contributed by atoms with E-state index >= 15 is 0 Å². The maximum absolute atomic E-state index is 12.6. The summed E-state index contributed by atoms with van der Waals surface area (Å²) in [6.45, 7) is 3.73. The molecule has 0 radical (unpaired) electrons. The summed E-state index contributed by atoms with van der Waals surface area (Å²) in [6.07, 6.45) is 6.18. The average Bonchev–Trinajstić information content (AvgIpc) is 3.54. The van der Waals surface area contributed by atoms with Gasteiger partial charge >= 0.3 is 6.03 Å². The van der Waals surface area contributed by atoms with E-state index in [-0.39, 0.29) is 11.9 Å². The number of hydrogen-bond donors (Lipinski definition) is 2. The molecule has 1 aliphatic carbocycles. The molecule has 1 saturated carbocycles. The van der Waals surface area contributed by atoms with Gasteiger partial charge in [-0.3, -0.25) is 0 Å². The molecule has 142 valence electrons. The zero-order valence-corrected chi connectivity index (χ0v) is 15.5. The van der Waals surface area contributed by atoms with E-state index in [9.17, 15) is 9.90 Å². The van der Waals surface area contributed by atoms with Crippen molar-refractivity contribution in [3.8, 4) is 0 Å². The molecular weight excluding hydrogens is 326 g/mol. The van der Waals surface area contributed by atoms with Gasteiger partial charge in [-0.2, -0.15) is 0 Å². The molecule has 3 aliphatic rings. The first-order valence-electron chi connectivity index (χ1n) is 10.2. The molecule has 5 heteroatoms. The smallest absolute Gasteiger partial charge is 0.317 e. The molecule has 2 amide bonds. The molecule has 26 heavy (non-hydrogen) atoms. The highest BCUT2D eigenvalue weighted by Gasteiger charge is 2.33. The van der Waals surface area contributed by atoms with Crippen molar-refractivity contribution in [2.45, 2.75) is 56.7 Å². The van der Waals surface area contributed by atoms with E-state index in [1.54, 1.807) is 0 Å².